The first-order valence-electron chi connectivity index (χ1n) is 8.45. The molecule has 26 heavy (non-hydrogen) atoms. The van der Waals surface area contributed by atoms with Crippen LogP contribution in [-0.2, 0) is 4.79 Å². The van der Waals surface area contributed by atoms with Gasteiger partial charge in [-0.1, -0.05) is 29.5 Å². The van der Waals surface area contributed by atoms with Crippen LogP contribution in [0.2, 0.25) is 0 Å². The van der Waals surface area contributed by atoms with Gasteiger partial charge in [-0.15, -0.1) is 0 Å². The number of ether oxygens (including phenoxy) is 1. The molecule has 0 saturated carbocycles. The third-order valence-electron chi connectivity index (χ3n) is 4.28. The third kappa shape index (κ3) is 3.62. The maximum atomic E-state index is 13.3. The zero-order valence-corrected chi connectivity index (χ0v) is 14.8. The van der Waals surface area contributed by atoms with Crippen molar-refractivity contribution in [2.45, 2.75) is 0 Å². The number of para-hydroxylation sites is 1. The number of carbonyl (C=O) groups is 1. The summed E-state index contributed by atoms with van der Waals surface area (Å²) in [7, 11) is 0. The highest BCUT2D eigenvalue weighted by Crippen LogP contribution is 2.33. The minimum atomic E-state index is -0.258. The molecule has 0 bridgehead atoms. The molecule has 3 aromatic rings. The van der Waals surface area contributed by atoms with E-state index in [9.17, 15) is 9.18 Å². The summed E-state index contributed by atoms with van der Waals surface area (Å²) in [6.07, 6.45) is 0. The van der Waals surface area contributed by atoms with Crippen molar-refractivity contribution >= 4 is 32.6 Å². The fourth-order valence-corrected chi connectivity index (χ4v) is 3.83. The fraction of sp³-hybridized carbons (Fsp3) is 0.263. The predicted octanol–water partition coefficient (Wildman–Crippen LogP) is 3.07. The molecule has 0 radical (unpaired) electrons. The molecule has 0 atom stereocenters. The van der Waals surface area contributed by atoms with Crippen LogP contribution in [0.4, 0.5) is 9.52 Å². The molecular formula is C19H18FN3O2S. The van der Waals surface area contributed by atoms with Gasteiger partial charge in [0.25, 0.3) is 0 Å². The predicted molar refractivity (Wildman–Crippen MR) is 100 cm³/mol. The Kier molecular flexibility index (Phi) is 4.71. The molecule has 1 amide bonds. The first-order chi connectivity index (χ1) is 12.7. The fourth-order valence-electron chi connectivity index (χ4n) is 2.83. The Labute approximate surface area is 154 Å². The van der Waals surface area contributed by atoms with Crippen LogP contribution >= 0.6 is 11.3 Å². The number of rotatable bonds is 6. The lowest BCUT2D eigenvalue weighted by Crippen LogP contribution is -2.54. The Balaban J connectivity index is 1.23. The standard InChI is InChI=1S/C19H18FN3O2S/c20-14-6-7-16-17(10-14)26-19(22-16)23-11-13(12-23)18(24)21-8-9-25-15-4-2-1-3-5-15/h1-7,10,13H,8-9,11-12H2,(H,21,24). The molecule has 4 rings (SSSR count). The van der Waals surface area contributed by atoms with Gasteiger partial charge < -0.3 is 15.0 Å². The van der Waals surface area contributed by atoms with E-state index in [4.69, 9.17) is 4.74 Å². The molecule has 2 heterocycles. The first kappa shape index (κ1) is 16.8. The zero-order valence-electron chi connectivity index (χ0n) is 14.0. The third-order valence-corrected chi connectivity index (χ3v) is 5.35. The first-order valence-corrected chi connectivity index (χ1v) is 9.27. The molecular weight excluding hydrogens is 353 g/mol. The number of aromatic nitrogens is 1. The lowest BCUT2D eigenvalue weighted by atomic mass is 10.0. The molecule has 0 unspecified atom stereocenters. The van der Waals surface area contributed by atoms with Gasteiger partial charge in [-0.2, -0.15) is 0 Å². The molecule has 7 heteroatoms. The molecule has 1 saturated heterocycles. The van der Waals surface area contributed by atoms with Crippen LogP contribution in [0.5, 0.6) is 5.75 Å². The highest BCUT2D eigenvalue weighted by atomic mass is 32.1. The van der Waals surface area contributed by atoms with Crippen molar-refractivity contribution in [2.75, 3.05) is 31.1 Å². The summed E-state index contributed by atoms with van der Waals surface area (Å²) >= 11 is 1.45. The van der Waals surface area contributed by atoms with Crippen LogP contribution in [-0.4, -0.2) is 37.1 Å². The van der Waals surface area contributed by atoms with Crippen molar-refractivity contribution in [1.29, 1.82) is 0 Å². The second-order valence-corrected chi connectivity index (χ2v) is 7.17. The summed E-state index contributed by atoms with van der Waals surface area (Å²) in [6.45, 7) is 2.18. The van der Waals surface area contributed by atoms with Crippen molar-refractivity contribution in [3.8, 4) is 5.75 Å². The molecule has 0 aliphatic carbocycles. The summed E-state index contributed by atoms with van der Waals surface area (Å²) < 4.78 is 19.7. The van der Waals surface area contributed by atoms with Crippen LogP contribution in [0.3, 0.4) is 0 Å². The van der Waals surface area contributed by atoms with Crippen LogP contribution < -0.4 is 15.0 Å². The van der Waals surface area contributed by atoms with E-state index in [1.807, 2.05) is 35.2 Å². The summed E-state index contributed by atoms with van der Waals surface area (Å²) in [5.41, 5.74) is 0.789. The number of nitrogens with one attached hydrogen (secondary N) is 1. The van der Waals surface area contributed by atoms with E-state index in [0.29, 0.717) is 26.2 Å². The topological polar surface area (TPSA) is 54.5 Å². The van der Waals surface area contributed by atoms with Crippen molar-refractivity contribution in [3.05, 3.63) is 54.3 Å². The lowest BCUT2D eigenvalue weighted by Gasteiger charge is -2.37. The number of hydrogen-bond donors (Lipinski definition) is 1. The maximum absolute atomic E-state index is 13.3. The Hall–Kier alpha value is -2.67. The quantitative estimate of drug-likeness (QED) is 0.677. The van der Waals surface area contributed by atoms with Crippen molar-refractivity contribution < 1.29 is 13.9 Å². The molecule has 0 spiro atoms. The van der Waals surface area contributed by atoms with Gasteiger partial charge in [0.05, 0.1) is 22.7 Å². The normalized spacial score (nSPS) is 14.3. The average molecular weight is 371 g/mol. The molecule has 1 N–H and O–H groups in total. The van der Waals surface area contributed by atoms with E-state index in [-0.39, 0.29) is 17.6 Å². The van der Waals surface area contributed by atoms with Crippen LogP contribution in [0.15, 0.2) is 48.5 Å². The van der Waals surface area contributed by atoms with E-state index in [0.717, 1.165) is 21.1 Å². The molecule has 134 valence electrons. The van der Waals surface area contributed by atoms with E-state index in [1.54, 1.807) is 6.07 Å². The Bertz CT molecular complexity index is 910. The van der Waals surface area contributed by atoms with Gasteiger partial charge in [0, 0.05) is 13.1 Å². The highest BCUT2D eigenvalue weighted by molar-refractivity contribution is 7.22. The number of halogens is 1. The number of amides is 1. The smallest absolute Gasteiger partial charge is 0.226 e. The van der Waals surface area contributed by atoms with E-state index in [2.05, 4.69) is 10.3 Å². The number of hydrogen-bond acceptors (Lipinski definition) is 5. The van der Waals surface area contributed by atoms with Crippen molar-refractivity contribution in [3.63, 3.8) is 0 Å². The van der Waals surface area contributed by atoms with Gasteiger partial charge in [-0.05, 0) is 30.3 Å². The highest BCUT2D eigenvalue weighted by Gasteiger charge is 2.34. The van der Waals surface area contributed by atoms with Crippen molar-refractivity contribution in [1.82, 2.24) is 10.3 Å². The largest absolute Gasteiger partial charge is 0.492 e. The zero-order chi connectivity index (χ0) is 17.9. The average Bonchev–Trinajstić information content (AvgIpc) is 3.01. The Morgan fingerprint density at radius 1 is 1.27 bits per heavy atom. The van der Waals surface area contributed by atoms with Crippen molar-refractivity contribution in [2.24, 2.45) is 5.92 Å². The summed E-state index contributed by atoms with van der Waals surface area (Å²) in [5.74, 6) is 0.524. The van der Waals surface area contributed by atoms with E-state index >= 15 is 0 Å². The Morgan fingerprint density at radius 2 is 2.08 bits per heavy atom. The van der Waals surface area contributed by atoms with Gasteiger partial charge >= 0.3 is 0 Å². The molecule has 1 aromatic heterocycles. The maximum Gasteiger partial charge on any atom is 0.226 e. The molecule has 1 aliphatic heterocycles. The molecule has 2 aromatic carbocycles. The SMILES string of the molecule is O=C(NCCOc1ccccc1)C1CN(c2nc3ccc(F)cc3s2)C1. The molecule has 5 nitrogen and oxygen atoms in total. The second-order valence-electron chi connectivity index (χ2n) is 6.16. The van der Waals surface area contributed by atoms with Gasteiger partial charge in [0.2, 0.25) is 5.91 Å². The lowest BCUT2D eigenvalue weighted by molar-refractivity contribution is -0.125. The molecule has 1 fully saturated rings. The summed E-state index contributed by atoms with van der Waals surface area (Å²) in [4.78, 5) is 18.7. The summed E-state index contributed by atoms with van der Waals surface area (Å²) in [5, 5.41) is 3.74. The number of carbonyl (C=O) groups excluding carboxylic acids is 1. The summed E-state index contributed by atoms with van der Waals surface area (Å²) in [6, 6.07) is 14.1. The van der Waals surface area contributed by atoms with E-state index in [1.165, 1.54) is 23.5 Å². The number of thiazole rings is 1. The number of anilines is 1. The number of nitrogens with zero attached hydrogens (tertiary/aromatic N) is 2. The Morgan fingerprint density at radius 3 is 2.88 bits per heavy atom. The van der Waals surface area contributed by atoms with Crippen LogP contribution in [0.25, 0.3) is 10.2 Å². The van der Waals surface area contributed by atoms with Gasteiger partial charge in [0.15, 0.2) is 5.13 Å². The van der Waals surface area contributed by atoms with Gasteiger partial charge in [-0.3, -0.25) is 4.79 Å². The minimum absolute atomic E-state index is 0.0325. The monoisotopic (exact) mass is 371 g/mol. The second kappa shape index (κ2) is 7.29. The molecule has 1 aliphatic rings. The number of benzene rings is 2. The number of fused-ring (bicyclic) bond motifs is 1. The van der Waals surface area contributed by atoms with E-state index < -0.39 is 0 Å². The van der Waals surface area contributed by atoms with Crippen LogP contribution in [0.1, 0.15) is 0 Å². The van der Waals surface area contributed by atoms with Gasteiger partial charge in [0.1, 0.15) is 18.2 Å². The van der Waals surface area contributed by atoms with Crippen LogP contribution in [0, 0.1) is 11.7 Å². The van der Waals surface area contributed by atoms with Gasteiger partial charge in [-0.25, -0.2) is 9.37 Å². The minimum Gasteiger partial charge on any atom is -0.492 e.